The van der Waals surface area contributed by atoms with Crippen LogP contribution in [0, 0.1) is 5.92 Å². The summed E-state index contributed by atoms with van der Waals surface area (Å²) in [5.41, 5.74) is 0. The van der Waals surface area contributed by atoms with Crippen LogP contribution in [-0.4, -0.2) is 66.7 Å². The Morgan fingerprint density at radius 1 is 1.04 bits per heavy atom. The van der Waals surface area contributed by atoms with Gasteiger partial charge in [0.1, 0.15) is 0 Å². The maximum atomic E-state index is 12.4. The van der Waals surface area contributed by atoms with Crippen molar-refractivity contribution in [3.8, 4) is 0 Å². The third-order valence-electron chi connectivity index (χ3n) is 4.76. The second-order valence-electron chi connectivity index (χ2n) is 7.09. The Morgan fingerprint density at radius 3 is 1.96 bits per heavy atom. The molecule has 1 amide bonds. The highest BCUT2D eigenvalue weighted by atomic mass is 19.4. The van der Waals surface area contributed by atoms with E-state index in [9.17, 15) is 18.0 Å². The number of likely N-dealkylation sites (tertiary alicyclic amines) is 2. The molecule has 0 atom stereocenters. The molecule has 0 aromatic carbocycles. The van der Waals surface area contributed by atoms with Gasteiger partial charge in [0.2, 0.25) is 5.91 Å². The van der Waals surface area contributed by atoms with Gasteiger partial charge in [-0.05, 0) is 38.8 Å². The summed E-state index contributed by atoms with van der Waals surface area (Å²) < 4.78 is 37.1. The van der Waals surface area contributed by atoms with Crippen molar-refractivity contribution in [3.05, 3.63) is 0 Å². The topological polar surface area (TPSA) is 35.6 Å². The summed E-state index contributed by atoms with van der Waals surface area (Å²) in [5.74, 6) is 0.251. The lowest BCUT2D eigenvalue weighted by Crippen LogP contribution is -2.51. The van der Waals surface area contributed by atoms with E-state index in [2.05, 4.69) is 5.32 Å². The minimum Gasteiger partial charge on any atom is -0.342 e. The normalized spacial score (nSPS) is 22.8. The number of nitrogens with zero attached hydrogens (tertiary/aromatic N) is 2. The lowest BCUT2D eigenvalue weighted by molar-refractivity contribution is -0.148. The molecule has 7 heteroatoms. The number of hydrogen-bond acceptors (Lipinski definition) is 3. The van der Waals surface area contributed by atoms with Crippen LogP contribution in [0.5, 0.6) is 0 Å². The molecule has 0 radical (unpaired) electrons. The number of amides is 1. The number of carbonyl (C=O) groups is 1. The van der Waals surface area contributed by atoms with Crippen molar-refractivity contribution in [2.75, 3.05) is 32.7 Å². The quantitative estimate of drug-likeness (QED) is 0.856. The third kappa shape index (κ3) is 5.95. The molecular formula is C16H28F3N3O. The molecule has 4 nitrogen and oxygen atoms in total. The van der Waals surface area contributed by atoms with E-state index >= 15 is 0 Å². The average Bonchev–Trinajstić information content (AvgIpc) is 2.48. The van der Waals surface area contributed by atoms with Gasteiger partial charge in [0.05, 0.1) is 6.54 Å². The Bertz CT molecular complexity index is 385. The molecule has 2 aliphatic rings. The van der Waals surface area contributed by atoms with Crippen molar-refractivity contribution in [1.29, 1.82) is 0 Å². The van der Waals surface area contributed by atoms with Gasteiger partial charge in [-0.25, -0.2) is 0 Å². The molecule has 0 unspecified atom stereocenters. The summed E-state index contributed by atoms with van der Waals surface area (Å²) in [7, 11) is 0. The molecule has 2 rings (SSSR count). The highest BCUT2D eigenvalue weighted by Gasteiger charge is 2.33. The van der Waals surface area contributed by atoms with Crippen LogP contribution in [0.2, 0.25) is 0 Å². The van der Waals surface area contributed by atoms with Gasteiger partial charge in [-0.1, -0.05) is 13.8 Å². The van der Waals surface area contributed by atoms with Crippen LogP contribution in [0.4, 0.5) is 13.2 Å². The zero-order valence-electron chi connectivity index (χ0n) is 14.0. The fourth-order valence-electron chi connectivity index (χ4n) is 3.48. The maximum Gasteiger partial charge on any atom is 0.401 e. The van der Waals surface area contributed by atoms with Crippen LogP contribution in [0.15, 0.2) is 0 Å². The van der Waals surface area contributed by atoms with Gasteiger partial charge in [-0.15, -0.1) is 0 Å². The van der Waals surface area contributed by atoms with E-state index in [1.54, 1.807) is 0 Å². The third-order valence-corrected chi connectivity index (χ3v) is 4.76. The van der Waals surface area contributed by atoms with Gasteiger partial charge in [0.25, 0.3) is 0 Å². The molecule has 2 saturated heterocycles. The van der Waals surface area contributed by atoms with Crippen LogP contribution < -0.4 is 5.32 Å². The molecule has 0 bridgehead atoms. The zero-order valence-corrected chi connectivity index (χ0v) is 14.0. The van der Waals surface area contributed by atoms with Crippen molar-refractivity contribution in [1.82, 2.24) is 15.1 Å². The number of halogens is 3. The van der Waals surface area contributed by atoms with Gasteiger partial charge in [0, 0.05) is 31.1 Å². The van der Waals surface area contributed by atoms with Crippen LogP contribution in [-0.2, 0) is 4.79 Å². The lowest BCUT2D eigenvalue weighted by atomic mass is 9.99. The Balaban J connectivity index is 1.67. The van der Waals surface area contributed by atoms with E-state index < -0.39 is 12.7 Å². The Morgan fingerprint density at radius 2 is 1.52 bits per heavy atom. The molecule has 0 spiro atoms. The monoisotopic (exact) mass is 335 g/mol. The molecule has 23 heavy (non-hydrogen) atoms. The first kappa shape index (κ1) is 18.5. The van der Waals surface area contributed by atoms with Crippen molar-refractivity contribution in [2.24, 2.45) is 5.92 Å². The number of carbonyl (C=O) groups excluding carboxylic acids is 1. The summed E-state index contributed by atoms with van der Waals surface area (Å²) in [6.07, 6.45) is -0.707. The van der Waals surface area contributed by atoms with Crippen molar-refractivity contribution in [2.45, 2.75) is 57.8 Å². The van der Waals surface area contributed by atoms with Gasteiger partial charge < -0.3 is 10.2 Å². The summed E-state index contributed by atoms with van der Waals surface area (Å²) >= 11 is 0. The largest absolute Gasteiger partial charge is 0.401 e. The van der Waals surface area contributed by atoms with E-state index in [0.29, 0.717) is 25.2 Å². The highest BCUT2D eigenvalue weighted by Crippen LogP contribution is 2.21. The summed E-state index contributed by atoms with van der Waals surface area (Å²) in [6, 6.07) is 0.683. The van der Waals surface area contributed by atoms with Crippen LogP contribution >= 0.6 is 0 Å². The van der Waals surface area contributed by atoms with Gasteiger partial charge >= 0.3 is 6.18 Å². The summed E-state index contributed by atoms with van der Waals surface area (Å²) in [5, 5.41) is 3.58. The van der Waals surface area contributed by atoms with Crippen LogP contribution in [0.25, 0.3) is 0 Å². The zero-order chi connectivity index (χ0) is 17.0. The average molecular weight is 335 g/mol. The number of piperidine rings is 2. The van der Waals surface area contributed by atoms with E-state index in [1.807, 2.05) is 18.7 Å². The molecular weight excluding hydrogens is 307 g/mol. The Labute approximate surface area is 136 Å². The van der Waals surface area contributed by atoms with E-state index in [4.69, 9.17) is 0 Å². The molecule has 2 fully saturated rings. The van der Waals surface area contributed by atoms with E-state index in [0.717, 1.165) is 38.8 Å². The maximum absolute atomic E-state index is 12.4. The molecule has 2 heterocycles. The first-order valence-electron chi connectivity index (χ1n) is 8.58. The number of hydrogen-bond donors (Lipinski definition) is 1. The Kier molecular flexibility index (Phi) is 6.31. The van der Waals surface area contributed by atoms with Crippen molar-refractivity contribution < 1.29 is 18.0 Å². The fourth-order valence-corrected chi connectivity index (χ4v) is 3.48. The number of nitrogens with one attached hydrogen (secondary N) is 1. The van der Waals surface area contributed by atoms with E-state index in [-0.39, 0.29) is 11.8 Å². The molecule has 0 saturated carbocycles. The molecule has 134 valence electrons. The minimum absolute atomic E-state index is 0.0393. The second-order valence-corrected chi connectivity index (χ2v) is 7.09. The SMILES string of the molecule is CC(C)C(=O)N1CCC(NC2CCN(CC(F)(F)F)CC2)CC1. The number of alkyl halides is 3. The first-order valence-corrected chi connectivity index (χ1v) is 8.58. The molecule has 2 aliphatic heterocycles. The summed E-state index contributed by atoms with van der Waals surface area (Å²) in [6.45, 7) is 5.60. The molecule has 0 aromatic rings. The van der Waals surface area contributed by atoms with Crippen molar-refractivity contribution >= 4 is 5.91 Å². The predicted octanol–water partition coefficient (Wildman–Crippen LogP) is 2.25. The number of rotatable bonds is 4. The smallest absolute Gasteiger partial charge is 0.342 e. The van der Waals surface area contributed by atoms with E-state index in [1.165, 1.54) is 4.90 Å². The summed E-state index contributed by atoms with van der Waals surface area (Å²) in [4.78, 5) is 15.4. The van der Waals surface area contributed by atoms with Gasteiger partial charge in [-0.2, -0.15) is 13.2 Å². The van der Waals surface area contributed by atoms with Crippen molar-refractivity contribution in [3.63, 3.8) is 0 Å². The molecule has 1 N–H and O–H groups in total. The molecule has 0 aromatic heterocycles. The van der Waals surface area contributed by atoms with Gasteiger partial charge in [-0.3, -0.25) is 9.69 Å². The second kappa shape index (κ2) is 7.83. The highest BCUT2D eigenvalue weighted by molar-refractivity contribution is 5.78. The predicted molar refractivity (Wildman–Crippen MR) is 83.1 cm³/mol. The fraction of sp³-hybridized carbons (Fsp3) is 0.938. The minimum atomic E-state index is -4.10. The first-order chi connectivity index (χ1) is 10.7. The van der Waals surface area contributed by atoms with Crippen LogP contribution in [0.1, 0.15) is 39.5 Å². The Hall–Kier alpha value is -0.820. The standard InChI is InChI=1S/C16H28F3N3O/c1-12(2)15(23)22-9-5-14(6-10-22)20-13-3-7-21(8-4-13)11-16(17,18)19/h12-14,20H,3-11H2,1-2H3. The van der Waals surface area contributed by atoms with Gasteiger partial charge in [0.15, 0.2) is 0 Å². The van der Waals surface area contributed by atoms with Crippen LogP contribution in [0.3, 0.4) is 0 Å². The lowest BCUT2D eigenvalue weighted by Gasteiger charge is -2.38. The molecule has 0 aliphatic carbocycles.